The Labute approximate surface area is 111 Å². The van der Waals surface area contributed by atoms with Crippen LogP contribution in [0.15, 0.2) is 30.5 Å². The van der Waals surface area contributed by atoms with Gasteiger partial charge < -0.3 is 14.8 Å². The van der Waals surface area contributed by atoms with Crippen LogP contribution in [0.1, 0.15) is 11.5 Å². The molecule has 0 radical (unpaired) electrons. The normalized spacial score (nSPS) is 10.2. The third-order valence-corrected chi connectivity index (χ3v) is 2.41. The van der Waals surface area contributed by atoms with Crippen LogP contribution in [-0.2, 0) is 17.9 Å². The van der Waals surface area contributed by atoms with Crippen molar-refractivity contribution in [3.8, 4) is 5.88 Å². The van der Waals surface area contributed by atoms with Crippen LogP contribution in [0.4, 0.5) is 5.82 Å². The SMILES string of the molecule is COCc1nc(NCc2ccccn2)cc(OC)n1. The average Bonchev–Trinajstić information content (AvgIpc) is 2.46. The van der Waals surface area contributed by atoms with Gasteiger partial charge in [-0.15, -0.1) is 0 Å². The first-order valence-electron chi connectivity index (χ1n) is 5.86. The fourth-order valence-electron chi connectivity index (χ4n) is 1.55. The van der Waals surface area contributed by atoms with Crippen LogP contribution in [0.3, 0.4) is 0 Å². The zero-order valence-electron chi connectivity index (χ0n) is 11.0. The lowest BCUT2D eigenvalue weighted by molar-refractivity contribution is 0.177. The van der Waals surface area contributed by atoms with E-state index in [1.807, 2.05) is 18.2 Å². The van der Waals surface area contributed by atoms with E-state index in [4.69, 9.17) is 9.47 Å². The van der Waals surface area contributed by atoms with Gasteiger partial charge in [-0.3, -0.25) is 4.98 Å². The fourth-order valence-corrected chi connectivity index (χ4v) is 1.55. The Morgan fingerprint density at radius 3 is 2.79 bits per heavy atom. The van der Waals surface area contributed by atoms with Crippen LogP contribution in [0.2, 0.25) is 0 Å². The van der Waals surface area contributed by atoms with Crippen LogP contribution in [0.5, 0.6) is 5.88 Å². The predicted octanol–water partition coefficient (Wildman–Crippen LogP) is 1.64. The first kappa shape index (κ1) is 13.2. The molecule has 19 heavy (non-hydrogen) atoms. The average molecular weight is 260 g/mol. The lowest BCUT2D eigenvalue weighted by Gasteiger charge is -2.08. The van der Waals surface area contributed by atoms with E-state index in [2.05, 4.69) is 20.3 Å². The number of anilines is 1. The largest absolute Gasteiger partial charge is 0.481 e. The van der Waals surface area contributed by atoms with Gasteiger partial charge in [-0.2, -0.15) is 4.98 Å². The molecule has 1 N–H and O–H groups in total. The van der Waals surface area contributed by atoms with E-state index in [1.165, 1.54) is 0 Å². The molecule has 0 amide bonds. The first-order chi connectivity index (χ1) is 9.31. The molecule has 2 rings (SSSR count). The van der Waals surface area contributed by atoms with E-state index < -0.39 is 0 Å². The van der Waals surface area contributed by atoms with E-state index in [9.17, 15) is 0 Å². The Morgan fingerprint density at radius 2 is 2.11 bits per heavy atom. The first-order valence-corrected chi connectivity index (χ1v) is 5.86. The summed E-state index contributed by atoms with van der Waals surface area (Å²) >= 11 is 0. The second-order valence-electron chi connectivity index (χ2n) is 3.82. The van der Waals surface area contributed by atoms with Crippen molar-refractivity contribution in [2.75, 3.05) is 19.5 Å². The van der Waals surface area contributed by atoms with Crippen molar-refractivity contribution >= 4 is 5.82 Å². The van der Waals surface area contributed by atoms with E-state index in [-0.39, 0.29) is 0 Å². The van der Waals surface area contributed by atoms with Crippen molar-refractivity contribution in [2.24, 2.45) is 0 Å². The molecule has 0 saturated carbocycles. The van der Waals surface area contributed by atoms with Gasteiger partial charge in [-0.25, -0.2) is 4.98 Å². The summed E-state index contributed by atoms with van der Waals surface area (Å²) in [6.45, 7) is 0.933. The van der Waals surface area contributed by atoms with Crippen molar-refractivity contribution in [1.82, 2.24) is 15.0 Å². The van der Waals surface area contributed by atoms with Crippen molar-refractivity contribution in [1.29, 1.82) is 0 Å². The maximum atomic E-state index is 5.13. The van der Waals surface area contributed by atoms with Gasteiger partial charge in [0.05, 0.1) is 19.3 Å². The monoisotopic (exact) mass is 260 g/mol. The summed E-state index contributed by atoms with van der Waals surface area (Å²) in [7, 11) is 3.17. The summed E-state index contributed by atoms with van der Waals surface area (Å²) in [5.41, 5.74) is 0.938. The molecule has 0 saturated heterocycles. The molecule has 0 atom stereocenters. The molecule has 0 unspecified atom stereocenters. The van der Waals surface area contributed by atoms with Crippen molar-refractivity contribution in [3.05, 3.63) is 42.0 Å². The highest BCUT2D eigenvalue weighted by atomic mass is 16.5. The number of pyridine rings is 1. The number of ether oxygens (including phenoxy) is 2. The molecule has 2 heterocycles. The summed E-state index contributed by atoms with van der Waals surface area (Å²) in [6, 6.07) is 7.51. The Bertz CT molecular complexity index is 519. The lowest BCUT2D eigenvalue weighted by Crippen LogP contribution is -2.07. The van der Waals surface area contributed by atoms with Gasteiger partial charge in [0.25, 0.3) is 0 Å². The Kier molecular flexibility index (Phi) is 4.63. The molecular formula is C13H16N4O2. The number of aromatic nitrogens is 3. The number of nitrogens with zero attached hydrogens (tertiary/aromatic N) is 3. The van der Waals surface area contributed by atoms with Gasteiger partial charge >= 0.3 is 0 Å². The summed E-state index contributed by atoms with van der Waals surface area (Å²) < 4.78 is 10.2. The molecule has 0 aliphatic carbocycles. The summed E-state index contributed by atoms with van der Waals surface area (Å²) in [6.07, 6.45) is 1.76. The zero-order chi connectivity index (χ0) is 13.5. The second-order valence-corrected chi connectivity index (χ2v) is 3.82. The molecule has 0 aromatic carbocycles. The number of hydrogen-bond donors (Lipinski definition) is 1. The zero-order valence-corrected chi connectivity index (χ0v) is 11.0. The van der Waals surface area contributed by atoms with Gasteiger partial charge in [-0.1, -0.05) is 6.07 Å². The number of hydrogen-bond acceptors (Lipinski definition) is 6. The van der Waals surface area contributed by atoms with Crippen LogP contribution in [0, 0.1) is 0 Å². The third-order valence-electron chi connectivity index (χ3n) is 2.41. The van der Waals surface area contributed by atoms with Gasteiger partial charge in [0, 0.05) is 19.4 Å². The quantitative estimate of drug-likeness (QED) is 0.851. The third kappa shape index (κ3) is 3.89. The topological polar surface area (TPSA) is 69.2 Å². The smallest absolute Gasteiger partial charge is 0.218 e. The van der Waals surface area contributed by atoms with Crippen molar-refractivity contribution < 1.29 is 9.47 Å². The molecular weight excluding hydrogens is 244 g/mol. The maximum absolute atomic E-state index is 5.13. The van der Waals surface area contributed by atoms with Crippen LogP contribution >= 0.6 is 0 Å². The second kappa shape index (κ2) is 6.65. The standard InChI is InChI=1S/C13H16N4O2/c1-18-9-12-16-11(7-13(17-12)19-2)15-8-10-5-3-4-6-14-10/h3-7H,8-9H2,1-2H3,(H,15,16,17). The minimum atomic E-state index is 0.343. The van der Waals surface area contributed by atoms with Gasteiger partial charge in [-0.05, 0) is 12.1 Å². The van der Waals surface area contributed by atoms with Gasteiger partial charge in [0.2, 0.25) is 5.88 Å². The Morgan fingerprint density at radius 1 is 1.21 bits per heavy atom. The van der Waals surface area contributed by atoms with Crippen LogP contribution in [0.25, 0.3) is 0 Å². The Balaban J connectivity index is 2.08. The predicted molar refractivity (Wildman–Crippen MR) is 70.9 cm³/mol. The highest BCUT2D eigenvalue weighted by Gasteiger charge is 2.05. The molecule has 0 spiro atoms. The molecule has 2 aromatic heterocycles. The number of methoxy groups -OCH3 is 2. The van der Waals surface area contributed by atoms with E-state index >= 15 is 0 Å². The molecule has 2 aromatic rings. The highest BCUT2D eigenvalue weighted by Crippen LogP contribution is 2.14. The molecule has 100 valence electrons. The molecule has 0 aliphatic heterocycles. The van der Waals surface area contributed by atoms with Crippen molar-refractivity contribution in [3.63, 3.8) is 0 Å². The number of nitrogens with one attached hydrogen (secondary N) is 1. The summed E-state index contributed by atoms with van der Waals surface area (Å²) in [5.74, 6) is 1.76. The Hall–Kier alpha value is -2.21. The summed E-state index contributed by atoms with van der Waals surface area (Å²) in [5, 5.41) is 3.19. The van der Waals surface area contributed by atoms with E-state index in [1.54, 1.807) is 26.5 Å². The lowest BCUT2D eigenvalue weighted by atomic mass is 10.3. The van der Waals surface area contributed by atoms with E-state index in [0.717, 1.165) is 5.69 Å². The fraction of sp³-hybridized carbons (Fsp3) is 0.308. The van der Waals surface area contributed by atoms with Gasteiger partial charge in [0.15, 0.2) is 5.82 Å². The molecule has 0 bridgehead atoms. The van der Waals surface area contributed by atoms with Crippen molar-refractivity contribution in [2.45, 2.75) is 13.2 Å². The molecule has 6 nitrogen and oxygen atoms in total. The minimum absolute atomic E-state index is 0.343. The highest BCUT2D eigenvalue weighted by molar-refractivity contribution is 5.38. The van der Waals surface area contributed by atoms with Crippen LogP contribution in [-0.4, -0.2) is 29.2 Å². The van der Waals surface area contributed by atoms with Crippen LogP contribution < -0.4 is 10.1 Å². The van der Waals surface area contributed by atoms with Gasteiger partial charge in [0.1, 0.15) is 12.4 Å². The maximum Gasteiger partial charge on any atom is 0.218 e. The molecule has 0 fully saturated rings. The molecule has 0 aliphatic rings. The molecule has 6 heteroatoms. The van der Waals surface area contributed by atoms with E-state index in [0.29, 0.717) is 30.7 Å². The minimum Gasteiger partial charge on any atom is -0.481 e. The summed E-state index contributed by atoms with van der Waals surface area (Å²) in [4.78, 5) is 12.7. The number of rotatable bonds is 6.